The van der Waals surface area contributed by atoms with Crippen molar-refractivity contribution in [1.82, 2.24) is 14.6 Å². The summed E-state index contributed by atoms with van der Waals surface area (Å²) < 4.78 is 1.69. The molecule has 0 aliphatic carbocycles. The topological polar surface area (TPSA) is 80.0 Å². The molecule has 2 heterocycles. The lowest BCUT2D eigenvalue weighted by Gasteiger charge is -2.03. The summed E-state index contributed by atoms with van der Waals surface area (Å²) in [5.41, 5.74) is 8.78. The van der Waals surface area contributed by atoms with E-state index in [1.54, 1.807) is 16.6 Å². The van der Waals surface area contributed by atoms with Crippen LogP contribution < -0.4 is 5.73 Å². The molecule has 5 heteroatoms. The minimum Gasteiger partial charge on any atom is -0.366 e. The molecule has 0 spiro atoms. The summed E-state index contributed by atoms with van der Waals surface area (Å²) in [5.74, 6) is 0.246. The molecule has 0 saturated heterocycles. The molecule has 86 valence electrons. The fraction of sp³-hybridized carbons (Fsp3) is 0. The maximum atomic E-state index is 8.78. The van der Waals surface area contributed by atoms with Gasteiger partial charge >= 0.3 is 0 Å². The highest BCUT2D eigenvalue weighted by Crippen LogP contribution is 2.20. The van der Waals surface area contributed by atoms with Crippen LogP contribution in [0.2, 0.25) is 0 Å². The molecule has 0 aliphatic rings. The molecule has 3 rings (SSSR count). The van der Waals surface area contributed by atoms with Crippen molar-refractivity contribution in [3.63, 3.8) is 0 Å². The van der Waals surface area contributed by atoms with E-state index in [4.69, 9.17) is 11.0 Å². The second-order valence-electron chi connectivity index (χ2n) is 3.84. The van der Waals surface area contributed by atoms with Gasteiger partial charge < -0.3 is 5.73 Å². The van der Waals surface area contributed by atoms with Gasteiger partial charge in [0.1, 0.15) is 0 Å². The number of aromatic nitrogens is 3. The predicted molar refractivity (Wildman–Crippen MR) is 67.6 cm³/mol. The fourth-order valence-corrected chi connectivity index (χ4v) is 1.86. The molecule has 3 aromatic rings. The lowest BCUT2D eigenvalue weighted by Crippen LogP contribution is -1.94. The maximum Gasteiger partial charge on any atom is 0.240 e. The molecular weight excluding hydrogens is 226 g/mol. The highest BCUT2D eigenvalue weighted by molar-refractivity contribution is 5.64. The quantitative estimate of drug-likeness (QED) is 0.698. The Morgan fingerprint density at radius 3 is 2.61 bits per heavy atom. The van der Waals surface area contributed by atoms with Gasteiger partial charge in [0.25, 0.3) is 0 Å². The molecule has 1 aromatic carbocycles. The van der Waals surface area contributed by atoms with Gasteiger partial charge in [0.2, 0.25) is 5.95 Å². The van der Waals surface area contributed by atoms with E-state index in [2.05, 4.69) is 16.2 Å². The first-order valence-corrected chi connectivity index (χ1v) is 5.40. The fourth-order valence-electron chi connectivity index (χ4n) is 1.86. The van der Waals surface area contributed by atoms with Crippen LogP contribution in [-0.4, -0.2) is 14.6 Å². The molecule has 2 N–H and O–H groups in total. The highest BCUT2D eigenvalue weighted by atomic mass is 15.3. The van der Waals surface area contributed by atoms with E-state index in [9.17, 15) is 0 Å². The maximum absolute atomic E-state index is 8.78. The smallest absolute Gasteiger partial charge is 0.240 e. The van der Waals surface area contributed by atoms with Crippen LogP contribution in [0.5, 0.6) is 0 Å². The number of nitrogen functional groups attached to an aromatic ring is 1. The Labute approximate surface area is 103 Å². The van der Waals surface area contributed by atoms with Crippen molar-refractivity contribution in [3.8, 4) is 17.3 Å². The summed E-state index contributed by atoms with van der Waals surface area (Å²) >= 11 is 0. The number of fused-ring (bicyclic) bond motifs is 1. The number of nitriles is 1. The van der Waals surface area contributed by atoms with Crippen molar-refractivity contribution < 1.29 is 0 Å². The van der Waals surface area contributed by atoms with Gasteiger partial charge in [-0.2, -0.15) is 10.2 Å². The normalized spacial score (nSPS) is 10.4. The molecule has 0 radical (unpaired) electrons. The van der Waals surface area contributed by atoms with E-state index >= 15 is 0 Å². The molecule has 0 atom stereocenters. The van der Waals surface area contributed by atoms with Gasteiger partial charge in [-0.1, -0.05) is 18.2 Å². The summed E-state index contributed by atoms with van der Waals surface area (Å²) in [6, 6.07) is 15.1. The van der Waals surface area contributed by atoms with Crippen molar-refractivity contribution in [2.75, 3.05) is 5.73 Å². The number of hydrogen-bond donors (Lipinski definition) is 1. The lowest BCUT2D eigenvalue weighted by molar-refractivity contribution is 0.976. The molecule has 0 unspecified atom stereocenters. The summed E-state index contributed by atoms with van der Waals surface area (Å²) in [7, 11) is 0. The van der Waals surface area contributed by atoms with Crippen LogP contribution in [0, 0.1) is 11.3 Å². The minimum atomic E-state index is 0.246. The average Bonchev–Trinajstić information content (AvgIpc) is 2.79. The SMILES string of the molecule is N#Cc1ccc(-c2cccc3nc(N)nn23)cc1. The van der Waals surface area contributed by atoms with Crippen LogP contribution in [0.4, 0.5) is 5.95 Å². The molecular formula is C13H9N5. The van der Waals surface area contributed by atoms with Crippen molar-refractivity contribution in [2.24, 2.45) is 0 Å². The van der Waals surface area contributed by atoms with Crippen molar-refractivity contribution >= 4 is 11.6 Å². The Hall–Kier alpha value is -2.87. The first kappa shape index (κ1) is 10.3. The molecule has 0 saturated carbocycles. The number of nitrogens with zero attached hydrogens (tertiary/aromatic N) is 4. The summed E-state index contributed by atoms with van der Waals surface area (Å²) in [5, 5.41) is 12.9. The zero-order chi connectivity index (χ0) is 12.5. The number of benzene rings is 1. The highest BCUT2D eigenvalue weighted by Gasteiger charge is 2.06. The Bertz CT molecular complexity index is 749. The third-order valence-electron chi connectivity index (χ3n) is 2.69. The second kappa shape index (κ2) is 3.86. The second-order valence-corrected chi connectivity index (χ2v) is 3.84. The summed E-state index contributed by atoms with van der Waals surface area (Å²) in [6.45, 7) is 0. The Morgan fingerprint density at radius 2 is 1.89 bits per heavy atom. The number of nitrogens with two attached hydrogens (primary N) is 1. The van der Waals surface area contributed by atoms with E-state index in [0.29, 0.717) is 11.2 Å². The Kier molecular flexibility index (Phi) is 2.21. The van der Waals surface area contributed by atoms with E-state index in [0.717, 1.165) is 11.3 Å². The molecule has 0 aliphatic heterocycles. The van der Waals surface area contributed by atoms with Gasteiger partial charge in [-0.05, 0) is 24.3 Å². The van der Waals surface area contributed by atoms with Crippen LogP contribution in [0.1, 0.15) is 5.56 Å². The minimum absolute atomic E-state index is 0.246. The van der Waals surface area contributed by atoms with Crippen LogP contribution in [0.15, 0.2) is 42.5 Å². The van der Waals surface area contributed by atoms with Gasteiger partial charge in [-0.25, -0.2) is 4.52 Å². The van der Waals surface area contributed by atoms with Gasteiger partial charge in [-0.3, -0.25) is 0 Å². The predicted octanol–water partition coefficient (Wildman–Crippen LogP) is 1.85. The van der Waals surface area contributed by atoms with E-state index in [-0.39, 0.29) is 5.95 Å². The third kappa shape index (κ3) is 1.57. The van der Waals surface area contributed by atoms with Crippen LogP contribution in [-0.2, 0) is 0 Å². The first-order valence-electron chi connectivity index (χ1n) is 5.40. The van der Waals surface area contributed by atoms with E-state index < -0.39 is 0 Å². The van der Waals surface area contributed by atoms with Gasteiger partial charge in [0.15, 0.2) is 5.65 Å². The van der Waals surface area contributed by atoms with Crippen molar-refractivity contribution in [3.05, 3.63) is 48.0 Å². The molecule has 0 amide bonds. The van der Waals surface area contributed by atoms with Crippen LogP contribution in [0.3, 0.4) is 0 Å². The van der Waals surface area contributed by atoms with Gasteiger partial charge in [0.05, 0.1) is 17.3 Å². The van der Waals surface area contributed by atoms with E-state index in [1.807, 2.05) is 30.3 Å². The van der Waals surface area contributed by atoms with Crippen LogP contribution in [0.25, 0.3) is 16.9 Å². The molecule has 2 aromatic heterocycles. The molecule has 18 heavy (non-hydrogen) atoms. The van der Waals surface area contributed by atoms with E-state index in [1.165, 1.54) is 0 Å². The standard InChI is InChI=1S/C13H9N5/c14-8-9-4-6-10(7-5-9)11-2-1-3-12-16-13(15)17-18(11)12/h1-7H,(H2,15,17). The Balaban J connectivity index is 2.21. The number of anilines is 1. The molecule has 0 fully saturated rings. The van der Waals surface area contributed by atoms with Gasteiger partial charge in [0, 0.05) is 5.56 Å². The third-order valence-corrected chi connectivity index (χ3v) is 2.69. The first-order chi connectivity index (χ1) is 8.78. The zero-order valence-corrected chi connectivity index (χ0v) is 9.41. The van der Waals surface area contributed by atoms with Crippen LogP contribution >= 0.6 is 0 Å². The summed E-state index contributed by atoms with van der Waals surface area (Å²) in [6.07, 6.45) is 0. The summed E-state index contributed by atoms with van der Waals surface area (Å²) in [4.78, 5) is 4.11. The number of hydrogen-bond acceptors (Lipinski definition) is 4. The average molecular weight is 235 g/mol. The molecule has 0 bridgehead atoms. The zero-order valence-electron chi connectivity index (χ0n) is 9.41. The monoisotopic (exact) mass is 235 g/mol. The largest absolute Gasteiger partial charge is 0.366 e. The lowest BCUT2D eigenvalue weighted by atomic mass is 10.1. The number of rotatable bonds is 1. The van der Waals surface area contributed by atoms with Gasteiger partial charge in [-0.15, -0.1) is 5.10 Å². The Morgan fingerprint density at radius 1 is 1.11 bits per heavy atom. The number of pyridine rings is 1. The van der Waals surface area contributed by atoms with Crippen molar-refractivity contribution in [2.45, 2.75) is 0 Å². The van der Waals surface area contributed by atoms with Crippen molar-refractivity contribution in [1.29, 1.82) is 5.26 Å². The molecule has 5 nitrogen and oxygen atoms in total.